The predicted octanol–water partition coefficient (Wildman–Crippen LogP) is 2.09. The lowest BCUT2D eigenvalue weighted by molar-refractivity contribution is 0.0986. The molecule has 2 rings (SSSR count). The summed E-state index contributed by atoms with van der Waals surface area (Å²) in [7, 11) is 0. The lowest BCUT2D eigenvalue weighted by Crippen LogP contribution is -2.09. The maximum absolute atomic E-state index is 11.9. The summed E-state index contributed by atoms with van der Waals surface area (Å²) in [5.41, 5.74) is 4.13. The van der Waals surface area contributed by atoms with Gasteiger partial charge in [0.15, 0.2) is 5.78 Å². The van der Waals surface area contributed by atoms with Crippen molar-refractivity contribution in [2.24, 2.45) is 0 Å². The van der Waals surface area contributed by atoms with Gasteiger partial charge in [-0.25, -0.2) is 4.98 Å². The standard InChI is InChI=1S/C11H13N3OS/c1-3-14-9(4-8(2)13-14)5-11(15)10-6-16-7-12-10/h4,6-7H,3,5H2,1-2H3. The molecule has 0 N–H and O–H groups in total. The van der Waals surface area contributed by atoms with Crippen LogP contribution in [0.1, 0.15) is 28.8 Å². The van der Waals surface area contributed by atoms with Gasteiger partial charge in [-0.2, -0.15) is 5.10 Å². The van der Waals surface area contributed by atoms with E-state index in [0.29, 0.717) is 12.1 Å². The van der Waals surface area contributed by atoms with Crippen molar-refractivity contribution in [2.45, 2.75) is 26.8 Å². The molecule has 0 spiro atoms. The molecule has 0 radical (unpaired) electrons. The number of Topliss-reactive ketones (excluding diaryl/α,β-unsaturated/α-hetero) is 1. The molecule has 0 aliphatic carbocycles. The van der Waals surface area contributed by atoms with Crippen molar-refractivity contribution in [1.29, 1.82) is 0 Å². The van der Waals surface area contributed by atoms with E-state index in [1.807, 2.05) is 24.6 Å². The minimum atomic E-state index is 0.0517. The molecule has 0 atom stereocenters. The third-order valence-electron chi connectivity index (χ3n) is 2.34. The Labute approximate surface area is 97.9 Å². The number of aromatic nitrogens is 3. The van der Waals surface area contributed by atoms with E-state index in [-0.39, 0.29) is 5.78 Å². The first-order chi connectivity index (χ1) is 7.70. The molecule has 0 amide bonds. The van der Waals surface area contributed by atoms with Crippen LogP contribution in [0, 0.1) is 6.92 Å². The van der Waals surface area contributed by atoms with Gasteiger partial charge in [-0.1, -0.05) is 0 Å². The number of hydrogen-bond donors (Lipinski definition) is 0. The van der Waals surface area contributed by atoms with Crippen molar-refractivity contribution >= 4 is 17.1 Å². The van der Waals surface area contributed by atoms with Crippen LogP contribution < -0.4 is 0 Å². The Morgan fingerprint density at radius 2 is 2.38 bits per heavy atom. The summed E-state index contributed by atoms with van der Waals surface area (Å²) in [6.45, 7) is 4.74. The summed E-state index contributed by atoms with van der Waals surface area (Å²) in [6.07, 6.45) is 0.373. The van der Waals surface area contributed by atoms with Gasteiger partial charge in [0, 0.05) is 17.6 Å². The average Bonchev–Trinajstić information content (AvgIpc) is 2.87. The van der Waals surface area contributed by atoms with Crippen molar-refractivity contribution < 1.29 is 4.79 Å². The summed E-state index contributed by atoms with van der Waals surface area (Å²) in [6, 6.07) is 1.95. The van der Waals surface area contributed by atoms with Gasteiger partial charge in [0.2, 0.25) is 0 Å². The molecule has 0 aliphatic heterocycles. The fourth-order valence-electron chi connectivity index (χ4n) is 1.62. The summed E-state index contributed by atoms with van der Waals surface area (Å²) >= 11 is 1.44. The van der Waals surface area contributed by atoms with Crippen molar-refractivity contribution in [2.75, 3.05) is 0 Å². The lowest BCUT2D eigenvalue weighted by Gasteiger charge is -2.02. The third kappa shape index (κ3) is 2.19. The molecule has 2 aromatic heterocycles. The monoisotopic (exact) mass is 235 g/mol. The molecular formula is C11H13N3OS. The normalized spacial score (nSPS) is 10.6. The molecule has 0 saturated heterocycles. The first-order valence-electron chi connectivity index (χ1n) is 5.15. The fourth-order valence-corrected chi connectivity index (χ4v) is 2.18. The first kappa shape index (κ1) is 11.0. The maximum Gasteiger partial charge on any atom is 0.187 e. The first-order valence-corrected chi connectivity index (χ1v) is 6.09. The molecule has 0 aliphatic rings. The molecule has 0 aromatic carbocycles. The average molecular weight is 235 g/mol. The molecule has 0 bridgehead atoms. The fraction of sp³-hybridized carbons (Fsp3) is 0.364. The van der Waals surface area contributed by atoms with Gasteiger partial charge in [0.1, 0.15) is 5.69 Å². The number of ketones is 1. The quantitative estimate of drug-likeness (QED) is 0.762. The number of nitrogens with zero attached hydrogens (tertiary/aromatic N) is 3. The van der Waals surface area contributed by atoms with E-state index in [0.717, 1.165) is 17.9 Å². The van der Waals surface area contributed by atoms with Crippen molar-refractivity contribution in [3.63, 3.8) is 0 Å². The minimum absolute atomic E-state index is 0.0517. The van der Waals surface area contributed by atoms with Crippen LogP contribution in [0.3, 0.4) is 0 Å². The molecule has 16 heavy (non-hydrogen) atoms. The third-order valence-corrected chi connectivity index (χ3v) is 2.93. The second-order valence-corrected chi connectivity index (χ2v) is 4.29. The van der Waals surface area contributed by atoms with Crippen LogP contribution in [0.15, 0.2) is 17.0 Å². The molecular weight excluding hydrogens is 222 g/mol. The zero-order valence-electron chi connectivity index (χ0n) is 9.30. The Morgan fingerprint density at radius 3 is 3.00 bits per heavy atom. The van der Waals surface area contributed by atoms with E-state index < -0.39 is 0 Å². The topological polar surface area (TPSA) is 47.8 Å². The van der Waals surface area contributed by atoms with Crippen molar-refractivity contribution in [3.05, 3.63) is 34.0 Å². The second-order valence-electron chi connectivity index (χ2n) is 3.57. The molecule has 0 unspecified atom stereocenters. The molecule has 0 fully saturated rings. The van der Waals surface area contributed by atoms with Crippen LogP contribution in [0.5, 0.6) is 0 Å². The number of carbonyl (C=O) groups is 1. The van der Waals surface area contributed by atoms with Crippen molar-refractivity contribution in [1.82, 2.24) is 14.8 Å². The van der Waals surface area contributed by atoms with E-state index in [1.54, 1.807) is 10.9 Å². The highest BCUT2D eigenvalue weighted by molar-refractivity contribution is 7.07. The van der Waals surface area contributed by atoms with Gasteiger partial charge in [-0.15, -0.1) is 11.3 Å². The van der Waals surface area contributed by atoms with E-state index in [4.69, 9.17) is 0 Å². The van der Waals surface area contributed by atoms with Gasteiger partial charge in [-0.05, 0) is 19.9 Å². The number of hydrogen-bond acceptors (Lipinski definition) is 4. The van der Waals surface area contributed by atoms with E-state index in [9.17, 15) is 4.79 Å². The van der Waals surface area contributed by atoms with Crippen LogP contribution in [0.2, 0.25) is 0 Å². The van der Waals surface area contributed by atoms with Crippen LogP contribution in [0.25, 0.3) is 0 Å². The van der Waals surface area contributed by atoms with Gasteiger partial charge in [0.25, 0.3) is 0 Å². The largest absolute Gasteiger partial charge is 0.292 e. The smallest absolute Gasteiger partial charge is 0.187 e. The Bertz CT molecular complexity index is 487. The Kier molecular flexibility index (Phi) is 3.14. The molecule has 2 heterocycles. The Balaban J connectivity index is 2.17. The van der Waals surface area contributed by atoms with Crippen LogP contribution in [-0.2, 0) is 13.0 Å². The van der Waals surface area contributed by atoms with E-state index >= 15 is 0 Å². The SMILES string of the molecule is CCn1nc(C)cc1CC(=O)c1cscn1. The van der Waals surface area contributed by atoms with Gasteiger partial charge in [0.05, 0.1) is 17.6 Å². The van der Waals surface area contributed by atoms with Gasteiger partial charge < -0.3 is 0 Å². The van der Waals surface area contributed by atoms with E-state index in [1.165, 1.54) is 11.3 Å². The van der Waals surface area contributed by atoms with Crippen LogP contribution in [0.4, 0.5) is 0 Å². The lowest BCUT2D eigenvalue weighted by atomic mass is 10.2. The number of carbonyl (C=O) groups excluding carboxylic acids is 1. The van der Waals surface area contributed by atoms with Crippen molar-refractivity contribution in [3.8, 4) is 0 Å². The summed E-state index contributed by atoms with van der Waals surface area (Å²) in [5.74, 6) is 0.0517. The predicted molar refractivity (Wildman–Crippen MR) is 62.8 cm³/mol. The van der Waals surface area contributed by atoms with E-state index in [2.05, 4.69) is 10.1 Å². The van der Waals surface area contributed by atoms with Crippen LogP contribution in [-0.4, -0.2) is 20.5 Å². The highest BCUT2D eigenvalue weighted by Gasteiger charge is 2.12. The zero-order chi connectivity index (χ0) is 11.5. The zero-order valence-corrected chi connectivity index (χ0v) is 10.1. The summed E-state index contributed by atoms with van der Waals surface area (Å²) in [4.78, 5) is 15.9. The number of aryl methyl sites for hydroxylation is 2. The second kappa shape index (κ2) is 4.57. The Hall–Kier alpha value is -1.49. The van der Waals surface area contributed by atoms with Crippen LogP contribution >= 0.6 is 11.3 Å². The summed E-state index contributed by atoms with van der Waals surface area (Å²) < 4.78 is 1.86. The minimum Gasteiger partial charge on any atom is -0.292 e. The van der Waals surface area contributed by atoms with Gasteiger partial charge >= 0.3 is 0 Å². The summed E-state index contributed by atoms with van der Waals surface area (Å²) in [5, 5.41) is 6.09. The molecule has 2 aromatic rings. The Morgan fingerprint density at radius 1 is 1.56 bits per heavy atom. The maximum atomic E-state index is 11.9. The number of thiazole rings is 1. The molecule has 0 saturated carbocycles. The molecule has 84 valence electrons. The highest BCUT2D eigenvalue weighted by atomic mass is 32.1. The number of rotatable bonds is 4. The highest BCUT2D eigenvalue weighted by Crippen LogP contribution is 2.09. The molecule has 5 heteroatoms. The van der Waals surface area contributed by atoms with Gasteiger partial charge in [-0.3, -0.25) is 9.48 Å². The molecule has 4 nitrogen and oxygen atoms in total.